The van der Waals surface area contributed by atoms with Crippen LogP contribution in [0.3, 0.4) is 0 Å². The van der Waals surface area contributed by atoms with Crippen molar-refractivity contribution in [2.45, 2.75) is 40.1 Å². The minimum absolute atomic E-state index is 0. The third-order valence-corrected chi connectivity index (χ3v) is 6.38. The number of halogens is 6. The van der Waals surface area contributed by atoms with Crippen molar-refractivity contribution in [3.8, 4) is 0 Å². The molecule has 0 aromatic carbocycles. The van der Waals surface area contributed by atoms with Crippen LogP contribution < -0.4 is 5.73 Å². The van der Waals surface area contributed by atoms with Crippen molar-refractivity contribution in [1.82, 2.24) is 14.9 Å². The van der Waals surface area contributed by atoms with Crippen LogP contribution in [0.2, 0.25) is 10.3 Å². The summed E-state index contributed by atoms with van der Waals surface area (Å²) in [5.41, 5.74) is 8.13. The number of ether oxygens (including phenoxy) is 3. The van der Waals surface area contributed by atoms with E-state index in [-0.39, 0.29) is 65.5 Å². The van der Waals surface area contributed by atoms with Crippen molar-refractivity contribution in [2.24, 2.45) is 5.73 Å². The third kappa shape index (κ3) is 22.0. The van der Waals surface area contributed by atoms with E-state index in [9.17, 15) is 27.6 Å². The molecule has 3 N–H and O–H groups in total. The molecular formula is C33H44Cl3F3N4O7. The molecule has 3 aliphatic heterocycles. The number of aromatic nitrogens is 2. The Morgan fingerprint density at radius 1 is 0.780 bits per heavy atom. The molecule has 280 valence electrons. The van der Waals surface area contributed by atoms with E-state index in [1.165, 1.54) is 12.2 Å². The summed E-state index contributed by atoms with van der Waals surface area (Å²) in [7, 11) is 0. The van der Waals surface area contributed by atoms with E-state index in [0.29, 0.717) is 47.9 Å². The highest BCUT2D eigenvalue weighted by Gasteiger charge is 2.19. The van der Waals surface area contributed by atoms with Crippen molar-refractivity contribution < 1.29 is 46.9 Å². The van der Waals surface area contributed by atoms with Crippen LogP contribution in [0.15, 0.2) is 71.9 Å². The second-order valence-electron chi connectivity index (χ2n) is 9.39. The SMILES string of the molecule is C.C.ClCc1ccc(Cl)nc1.NCCF.O=C1C=C(CCCF)CO1.O=C1C=C(N(CCF)Cc2ccc(Cl)nc2)CO1.O=C1C=C(O)CO1. The number of esters is 3. The predicted octanol–water partition coefficient (Wildman–Crippen LogP) is 6.81. The fraction of sp³-hybridized carbons (Fsp3) is 0.424. The van der Waals surface area contributed by atoms with Gasteiger partial charge in [0.1, 0.15) is 49.2 Å². The quantitative estimate of drug-likeness (QED) is 0.113. The number of hydrogen-bond donors (Lipinski definition) is 2. The van der Waals surface area contributed by atoms with Gasteiger partial charge in [-0.3, -0.25) is 4.39 Å². The van der Waals surface area contributed by atoms with E-state index in [4.69, 9.17) is 44.6 Å². The number of rotatable bonds is 10. The molecule has 5 heterocycles. The van der Waals surface area contributed by atoms with E-state index in [1.807, 2.05) is 12.1 Å². The number of aliphatic hydroxyl groups excluding tert-OH is 1. The Labute approximate surface area is 305 Å². The fourth-order valence-corrected chi connectivity index (χ4v) is 3.78. The van der Waals surface area contributed by atoms with Gasteiger partial charge >= 0.3 is 17.9 Å². The number of aliphatic hydroxyl groups is 1. The number of pyridine rings is 2. The van der Waals surface area contributed by atoms with E-state index in [1.54, 1.807) is 29.4 Å². The summed E-state index contributed by atoms with van der Waals surface area (Å²) in [5, 5.41) is 9.33. The topological polar surface area (TPSA) is 154 Å². The van der Waals surface area contributed by atoms with Crippen LogP contribution in [-0.4, -0.2) is 90.8 Å². The zero-order chi connectivity index (χ0) is 35.7. The summed E-state index contributed by atoms with van der Waals surface area (Å²) in [4.78, 5) is 41.0. The van der Waals surface area contributed by atoms with E-state index >= 15 is 0 Å². The fourth-order valence-electron chi connectivity index (χ4n) is 3.40. The molecule has 0 aliphatic carbocycles. The number of cyclic esters (lactones) is 3. The van der Waals surface area contributed by atoms with Gasteiger partial charge in [0.2, 0.25) is 0 Å². The molecule has 5 rings (SSSR count). The van der Waals surface area contributed by atoms with Gasteiger partial charge in [0.05, 0.1) is 18.4 Å². The second-order valence-corrected chi connectivity index (χ2v) is 10.4. The van der Waals surface area contributed by atoms with Gasteiger partial charge in [-0.1, -0.05) is 50.2 Å². The molecule has 0 bridgehead atoms. The second kappa shape index (κ2) is 28.9. The van der Waals surface area contributed by atoms with Crippen molar-refractivity contribution in [2.75, 3.05) is 52.9 Å². The standard InChI is InChI=1S/C12H12ClFN2O2.C7H9FO2.C6H5Cl2N.C4H4O3.C2H6FN.2CH4/c13-11-2-1-9(6-15-11)7-16(4-3-14)10-5-12(17)18-8-10;8-3-1-2-6-4-7(9)10-5-6;7-3-5-1-2-6(8)9-4-5;5-3-1-4(6)7-2-3;3-1-2-4;;/h1-2,5-6H,3-4,7-8H2;4H,1-3,5H2;1-2,4H,3H2;1,5H,2H2;1-2,4H2;2*1H4. The third-order valence-electron chi connectivity index (χ3n) is 5.62. The molecule has 0 fully saturated rings. The van der Waals surface area contributed by atoms with Crippen LogP contribution in [0.4, 0.5) is 13.2 Å². The lowest BCUT2D eigenvalue weighted by molar-refractivity contribution is -0.136. The molecule has 0 atom stereocenters. The molecule has 17 heteroatoms. The Morgan fingerprint density at radius 2 is 1.32 bits per heavy atom. The van der Waals surface area contributed by atoms with Gasteiger partial charge in [0.25, 0.3) is 0 Å². The first-order chi connectivity index (χ1) is 23.0. The Balaban J connectivity index is 0. The van der Waals surface area contributed by atoms with Crippen LogP contribution in [0.1, 0.15) is 38.8 Å². The highest BCUT2D eigenvalue weighted by atomic mass is 35.5. The van der Waals surface area contributed by atoms with Crippen molar-refractivity contribution in [3.05, 3.63) is 93.3 Å². The molecule has 0 saturated carbocycles. The number of hydrogen-bond acceptors (Lipinski definition) is 11. The lowest BCUT2D eigenvalue weighted by atomic mass is 10.2. The predicted molar refractivity (Wildman–Crippen MR) is 188 cm³/mol. The summed E-state index contributed by atoms with van der Waals surface area (Å²) in [6, 6.07) is 7.07. The molecule has 2 aromatic rings. The highest BCUT2D eigenvalue weighted by molar-refractivity contribution is 6.29. The van der Waals surface area contributed by atoms with Crippen molar-refractivity contribution >= 4 is 52.7 Å². The Bertz CT molecular complexity index is 1370. The molecule has 0 amide bonds. The summed E-state index contributed by atoms with van der Waals surface area (Å²) in [5.74, 6) is -0.649. The smallest absolute Gasteiger partial charge is 0.334 e. The first kappa shape index (κ1) is 48.3. The molecule has 0 saturated heterocycles. The lowest BCUT2D eigenvalue weighted by Crippen LogP contribution is -2.25. The largest absolute Gasteiger partial charge is 0.508 e. The Kier molecular flexibility index (Phi) is 27.9. The highest BCUT2D eigenvalue weighted by Crippen LogP contribution is 2.16. The Hall–Kier alpha value is -3.85. The maximum absolute atomic E-state index is 12.5. The Morgan fingerprint density at radius 3 is 1.68 bits per heavy atom. The van der Waals surface area contributed by atoms with Crippen molar-refractivity contribution in [1.29, 1.82) is 0 Å². The molecule has 50 heavy (non-hydrogen) atoms. The van der Waals surface area contributed by atoms with Gasteiger partial charge in [-0.25, -0.2) is 33.1 Å². The average Bonchev–Trinajstić information content (AvgIpc) is 3.82. The van der Waals surface area contributed by atoms with Gasteiger partial charge in [-0.2, -0.15) is 0 Å². The van der Waals surface area contributed by atoms with E-state index < -0.39 is 19.3 Å². The van der Waals surface area contributed by atoms with Crippen LogP contribution in [0, 0.1) is 0 Å². The monoisotopic (exact) mass is 770 g/mol. The van der Waals surface area contributed by atoms with E-state index in [0.717, 1.165) is 22.8 Å². The number of nitrogens with zero attached hydrogens (tertiary/aromatic N) is 3. The first-order valence-electron chi connectivity index (χ1n) is 14.2. The minimum atomic E-state index is -0.494. The van der Waals surface area contributed by atoms with Crippen molar-refractivity contribution in [3.63, 3.8) is 0 Å². The van der Waals surface area contributed by atoms with Gasteiger partial charge in [0, 0.05) is 50.1 Å². The number of alkyl halides is 4. The minimum Gasteiger partial charge on any atom is -0.508 e. The normalized spacial score (nSPS) is 13.5. The first-order valence-corrected chi connectivity index (χ1v) is 15.5. The maximum atomic E-state index is 12.5. The number of carbonyl (C=O) groups is 3. The zero-order valence-electron chi connectivity index (χ0n) is 25.8. The van der Waals surface area contributed by atoms with Crippen LogP contribution in [-0.2, 0) is 41.0 Å². The average molecular weight is 772 g/mol. The lowest BCUT2D eigenvalue weighted by Gasteiger charge is -2.23. The van der Waals surface area contributed by atoms with Gasteiger partial charge in [-0.15, -0.1) is 11.6 Å². The van der Waals surface area contributed by atoms with Crippen LogP contribution in [0.25, 0.3) is 0 Å². The van der Waals surface area contributed by atoms with Gasteiger partial charge < -0.3 is 30.0 Å². The van der Waals surface area contributed by atoms with E-state index in [2.05, 4.69) is 25.2 Å². The zero-order valence-corrected chi connectivity index (χ0v) is 28.0. The maximum Gasteiger partial charge on any atom is 0.334 e. The molecule has 2 aromatic heterocycles. The molecule has 0 radical (unpaired) electrons. The number of nitrogens with two attached hydrogens (primary N) is 1. The molecular weight excluding hydrogens is 728 g/mol. The summed E-state index contributed by atoms with van der Waals surface area (Å²) in [6.45, 7) is 0.206. The molecule has 3 aliphatic rings. The molecule has 0 spiro atoms. The summed E-state index contributed by atoms with van der Waals surface area (Å²) < 4.78 is 48.4. The van der Waals surface area contributed by atoms with Crippen LogP contribution >= 0.6 is 34.8 Å². The summed E-state index contributed by atoms with van der Waals surface area (Å²) >= 11 is 16.7. The molecule has 0 unspecified atom stereocenters. The van der Waals surface area contributed by atoms with Gasteiger partial charge in [-0.05, 0) is 41.7 Å². The number of carbonyl (C=O) groups excluding carboxylic acids is 3. The van der Waals surface area contributed by atoms with Gasteiger partial charge in [0.15, 0.2) is 0 Å². The molecule has 11 nitrogen and oxygen atoms in total. The van der Waals surface area contributed by atoms with Crippen LogP contribution in [0.5, 0.6) is 0 Å². The summed E-state index contributed by atoms with van der Waals surface area (Å²) in [6.07, 6.45) is 8.31.